The third-order valence-corrected chi connectivity index (χ3v) is 5.98. The molecule has 5 heteroatoms. The van der Waals surface area contributed by atoms with Crippen molar-refractivity contribution in [1.82, 2.24) is 0 Å². The molecule has 0 bridgehead atoms. The maximum absolute atomic E-state index is 11.9. The van der Waals surface area contributed by atoms with E-state index in [0.717, 1.165) is 29.8 Å². The predicted octanol–water partition coefficient (Wildman–Crippen LogP) is 6.56. The zero-order chi connectivity index (χ0) is 19.0. The number of anilines is 2. The molecule has 0 saturated carbocycles. The van der Waals surface area contributed by atoms with E-state index < -0.39 is 0 Å². The van der Waals surface area contributed by atoms with Crippen molar-refractivity contribution in [3.8, 4) is 0 Å². The van der Waals surface area contributed by atoms with Crippen LogP contribution in [0.1, 0.15) is 49.3 Å². The summed E-state index contributed by atoms with van der Waals surface area (Å²) in [5.74, 6) is 0.754. The van der Waals surface area contributed by atoms with Gasteiger partial charge in [-0.3, -0.25) is 4.79 Å². The summed E-state index contributed by atoms with van der Waals surface area (Å²) < 4.78 is 0. The number of rotatable bonds is 4. The van der Waals surface area contributed by atoms with E-state index in [-0.39, 0.29) is 11.9 Å². The molecule has 2 aliphatic rings. The summed E-state index contributed by atoms with van der Waals surface area (Å²) in [6.07, 6.45) is 6.89. The number of fused-ring (bicyclic) bond motifs is 3. The number of benzene rings is 2. The highest BCUT2D eigenvalue weighted by Gasteiger charge is 2.38. The Kier molecular flexibility index (Phi) is 5.16. The molecule has 4 rings (SSSR count). The summed E-state index contributed by atoms with van der Waals surface area (Å²) in [4.78, 5) is 11.9. The van der Waals surface area contributed by atoms with E-state index in [2.05, 4.69) is 34.9 Å². The zero-order valence-electron chi connectivity index (χ0n) is 15.1. The fraction of sp³-hybridized carbons (Fsp3) is 0.318. The number of carbonyl (C=O) groups excluding carboxylic acids is 1. The highest BCUT2D eigenvalue weighted by atomic mass is 35.5. The lowest BCUT2D eigenvalue weighted by atomic mass is 9.77. The second kappa shape index (κ2) is 7.57. The lowest BCUT2D eigenvalue weighted by Gasteiger charge is -2.38. The number of hydrogen-bond donors (Lipinski definition) is 2. The molecule has 1 aliphatic heterocycles. The Morgan fingerprint density at radius 3 is 2.81 bits per heavy atom. The van der Waals surface area contributed by atoms with Crippen molar-refractivity contribution in [3.63, 3.8) is 0 Å². The topological polar surface area (TPSA) is 41.1 Å². The van der Waals surface area contributed by atoms with Gasteiger partial charge in [0, 0.05) is 33.8 Å². The Hall–Kier alpha value is -1.97. The van der Waals surface area contributed by atoms with Crippen LogP contribution in [0.5, 0.6) is 0 Å². The molecule has 27 heavy (non-hydrogen) atoms. The molecule has 2 N–H and O–H groups in total. The van der Waals surface area contributed by atoms with E-state index in [1.807, 2.05) is 25.1 Å². The summed E-state index contributed by atoms with van der Waals surface area (Å²) >= 11 is 12.6. The maximum Gasteiger partial charge on any atom is 0.224 e. The largest absolute Gasteiger partial charge is 0.378 e. The Morgan fingerprint density at radius 1 is 1.19 bits per heavy atom. The molecule has 3 nitrogen and oxygen atoms in total. The molecule has 1 heterocycles. The summed E-state index contributed by atoms with van der Waals surface area (Å²) in [7, 11) is 0. The molecule has 3 unspecified atom stereocenters. The summed E-state index contributed by atoms with van der Waals surface area (Å²) in [5.41, 5.74) is 4.25. The molecule has 140 valence electrons. The minimum Gasteiger partial charge on any atom is -0.378 e. The Labute approximate surface area is 169 Å². The van der Waals surface area contributed by atoms with Crippen LogP contribution < -0.4 is 10.6 Å². The fourth-order valence-corrected chi connectivity index (χ4v) is 4.71. The van der Waals surface area contributed by atoms with Crippen LogP contribution in [0.15, 0.2) is 48.6 Å². The molecule has 3 atom stereocenters. The predicted molar refractivity (Wildman–Crippen MR) is 113 cm³/mol. The van der Waals surface area contributed by atoms with Gasteiger partial charge in [-0.1, -0.05) is 48.3 Å². The third-order valence-electron chi connectivity index (χ3n) is 5.42. The molecule has 2 aromatic rings. The Morgan fingerprint density at radius 2 is 2.04 bits per heavy atom. The molecule has 1 aliphatic carbocycles. The van der Waals surface area contributed by atoms with Gasteiger partial charge in [-0.05, 0) is 60.2 Å². The van der Waals surface area contributed by atoms with E-state index in [4.69, 9.17) is 23.2 Å². The van der Waals surface area contributed by atoms with Crippen molar-refractivity contribution in [2.24, 2.45) is 5.92 Å². The van der Waals surface area contributed by atoms with Crippen molar-refractivity contribution in [1.29, 1.82) is 0 Å². The van der Waals surface area contributed by atoms with Gasteiger partial charge in [0.05, 0.1) is 6.04 Å². The number of carbonyl (C=O) groups is 1. The molecule has 2 aromatic carbocycles. The molecular weight excluding hydrogens is 379 g/mol. The maximum atomic E-state index is 11.9. The van der Waals surface area contributed by atoms with Crippen LogP contribution in [0.4, 0.5) is 11.4 Å². The van der Waals surface area contributed by atoms with Gasteiger partial charge in [-0.15, -0.1) is 0 Å². The summed E-state index contributed by atoms with van der Waals surface area (Å²) in [6, 6.07) is 12.0. The van der Waals surface area contributed by atoms with Crippen LogP contribution in [-0.2, 0) is 4.79 Å². The smallest absolute Gasteiger partial charge is 0.224 e. The standard InChI is InChI=1S/C22H22Cl2N2O/c1-2-4-21(27)25-14-8-10-20-18(12-14)15-5-3-6-16(15)22(26-20)17-9-7-13(23)11-19(17)24/h3,5,7-12,15-16,22,26H,2,4,6H2,1H3,(H,25,27). The number of nitrogens with one attached hydrogen (secondary N) is 2. The number of hydrogen-bond acceptors (Lipinski definition) is 2. The summed E-state index contributed by atoms with van der Waals surface area (Å²) in [6.45, 7) is 2.01. The SMILES string of the molecule is CCCC(=O)Nc1ccc2c(c1)C1C=CCC1C(c1ccc(Cl)cc1Cl)N2. The number of amides is 1. The average Bonchev–Trinajstić information content (AvgIpc) is 3.12. The van der Waals surface area contributed by atoms with E-state index in [1.54, 1.807) is 6.07 Å². The molecule has 0 aromatic heterocycles. The van der Waals surface area contributed by atoms with Crippen molar-refractivity contribution >= 4 is 40.5 Å². The van der Waals surface area contributed by atoms with Gasteiger partial charge in [-0.2, -0.15) is 0 Å². The van der Waals surface area contributed by atoms with Crippen LogP contribution in [0.3, 0.4) is 0 Å². The first-order valence-electron chi connectivity index (χ1n) is 9.38. The van der Waals surface area contributed by atoms with E-state index in [0.29, 0.717) is 28.3 Å². The molecule has 0 saturated heterocycles. The zero-order valence-corrected chi connectivity index (χ0v) is 16.6. The molecular formula is C22H22Cl2N2O. The quantitative estimate of drug-likeness (QED) is 0.570. The summed E-state index contributed by atoms with van der Waals surface area (Å²) in [5, 5.41) is 8.01. The number of allylic oxidation sites excluding steroid dienone is 2. The first-order valence-corrected chi connectivity index (χ1v) is 10.1. The second-order valence-electron chi connectivity index (χ2n) is 7.24. The first-order chi connectivity index (χ1) is 13.1. The van der Waals surface area contributed by atoms with Gasteiger partial charge in [0.15, 0.2) is 0 Å². The molecule has 0 spiro atoms. The second-order valence-corrected chi connectivity index (χ2v) is 8.09. The average molecular weight is 401 g/mol. The monoisotopic (exact) mass is 400 g/mol. The minimum absolute atomic E-state index is 0.0607. The van der Waals surface area contributed by atoms with Crippen LogP contribution in [0, 0.1) is 5.92 Å². The molecule has 0 radical (unpaired) electrons. The van der Waals surface area contributed by atoms with E-state index in [9.17, 15) is 4.79 Å². The van der Waals surface area contributed by atoms with Crippen molar-refractivity contribution < 1.29 is 4.79 Å². The molecule has 0 fully saturated rings. The lowest BCUT2D eigenvalue weighted by Crippen LogP contribution is -2.29. The van der Waals surface area contributed by atoms with Crippen LogP contribution in [0.25, 0.3) is 0 Å². The van der Waals surface area contributed by atoms with Gasteiger partial charge in [0.1, 0.15) is 0 Å². The lowest BCUT2D eigenvalue weighted by molar-refractivity contribution is -0.116. The van der Waals surface area contributed by atoms with Crippen LogP contribution in [0.2, 0.25) is 10.0 Å². The van der Waals surface area contributed by atoms with Gasteiger partial charge in [0.2, 0.25) is 5.91 Å². The van der Waals surface area contributed by atoms with Gasteiger partial charge >= 0.3 is 0 Å². The van der Waals surface area contributed by atoms with Gasteiger partial charge in [-0.25, -0.2) is 0 Å². The minimum atomic E-state index is 0.0607. The Bertz CT molecular complexity index is 909. The highest BCUT2D eigenvalue weighted by Crippen LogP contribution is 2.51. The van der Waals surface area contributed by atoms with Gasteiger partial charge < -0.3 is 10.6 Å². The van der Waals surface area contributed by atoms with E-state index in [1.165, 1.54) is 5.56 Å². The van der Waals surface area contributed by atoms with Crippen molar-refractivity contribution in [2.75, 3.05) is 10.6 Å². The van der Waals surface area contributed by atoms with Crippen molar-refractivity contribution in [2.45, 2.75) is 38.1 Å². The Balaban J connectivity index is 1.67. The third kappa shape index (κ3) is 3.59. The number of halogens is 2. The molecule has 1 amide bonds. The fourth-order valence-electron chi connectivity index (χ4n) is 4.18. The normalized spacial score (nSPS) is 22.7. The van der Waals surface area contributed by atoms with E-state index >= 15 is 0 Å². The van der Waals surface area contributed by atoms with Crippen LogP contribution in [-0.4, -0.2) is 5.91 Å². The first kappa shape index (κ1) is 18.4. The van der Waals surface area contributed by atoms with Gasteiger partial charge in [0.25, 0.3) is 0 Å². The van der Waals surface area contributed by atoms with Crippen LogP contribution >= 0.6 is 23.2 Å². The van der Waals surface area contributed by atoms with Crippen molar-refractivity contribution in [3.05, 3.63) is 69.7 Å². The highest BCUT2D eigenvalue weighted by molar-refractivity contribution is 6.35.